The van der Waals surface area contributed by atoms with E-state index in [0.717, 1.165) is 6.42 Å². The summed E-state index contributed by atoms with van der Waals surface area (Å²) < 4.78 is 18.5. The van der Waals surface area contributed by atoms with Gasteiger partial charge >= 0.3 is 12.0 Å². The second-order valence-corrected chi connectivity index (χ2v) is 6.87. The number of carbonyl (C=O) groups excluding carboxylic acids is 3. The van der Waals surface area contributed by atoms with Crippen LogP contribution in [0.15, 0.2) is 24.3 Å². The second-order valence-electron chi connectivity index (χ2n) is 6.87. The first-order chi connectivity index (χ1) is 13.0. The number of benzene rings is 1. The molecule has 0 radical (unpaired) electrons. The van der Waals surface area contributed by atoms with E-state index >= 15 is 0 Å². The Bertz CT molecular complexity index is 727. The minimum absolute atomic E-state index is 0.158. The maximum absolute atomic E-state index is 13.4. The first kappa shape index (κ1) is 19.1. The summed E-state index contributed by atoms with van der Waals surface area (Å²) in [5, 5.41) is 2.86. The van der Waals surface area contributed by atoms with Crippen molar-refractivity contribution in [2.75, 3.05) is 31.1 Å². The van der Waals surface area contributed by atoms with Crippen LogP contribution in [0.1, 0.15) is 26.2 Å². The lowest BCUT2D eigenvalue weighted by molar-refractivity contribution is -0.149. The summed E-state index contributed by atoms with van der Waals surface area (Å²) in [5.74, 6) is -1.15. The van der Waals surface area contributed by atoms with Crippen molar-refractivity contribution >= 4 is 23.6 Å². The highest BCUT2D eigenvalue weighted by molar-refractivity contribution is 5.96. The van der Waals surface area contributed by atoms with Crippen LogP contribution < -0.4 is 10.2 Å². The lowest BCUT2D eigenvalue weighted by atomic mass is 9.98. The molecule has 0 aromatic heterocycles. The Morgan fingerprint density at radius 3 is 2.89 bits per heavy atom. The molecule has 0 spiro atoms. The number of likely N-dealkylation sites (tertiary alicyclic amines) is 1. The summed E-state index contributed by atoms with van der Waals surface area (Å²) in [4.78, 5) is 39.8. The molecule has 1 aromatic carbocycles. The van der Waals surface area contributed by atoms with Crippen LogP contribution in [0, 0.1) is 11.7 Å². The van der Waals surface area contributed by atoms with Gasteiger partial charge in [-0.1, -0.05) is 6.07 Å². The maximum atomic E-state index is 13.4. The molecule has 2 fully saturated rings. The predicted octanol–water partition coefficient (Wildman–Crippen LogP) is 1.92. The Hall–Kier alpha value is -2.64. The summed E-state index contributed by atoms with van der Waals surface area (Å²) in [5.41, 5.74) is 0.483. The van der Waals surface area contributed by atoms with E-state index in [2.05, 4.69) is 5.32 Å². The Kier molecular flexibility index (Phi) is 5.93. The summed E-state index contributed by atoms with van der Waals surface area (Å²) >= 11 is 0. The zero-order valence-electron chi connectivity index (χ0n) is 15.3. The zero-order chi connectivity index (χ0) is 19.4. The number of rotatable bonds is 4. The lowest BCUT2D eigenvalue weighted by Gasteiger charge is -2.32. The summed E-state index contributed by atoms with van der Waals surface area (Å²) in [6, 6.07) is 5.20. The van der Waals surface area contributed by atoms with Gasteiger partial charge in [-0.15, -0.1) is 0 Å². The van der Waals surface area contributed by atoms with Crippen LogP contribution in [-0.2, 0) is 14.3 Å². The van der Waals surface area contributed by atoms with Crippen molar-refractivity contribution < 1.29 is 23.5 Å². The van der Waals surface area contributed by atoms with E-state index in [9.17, 15) is 18.8 Å². The van der Waals surface area contributed by atoms with E-state index in [1.165, 1.54) is 17.0 Å². The van der Waals surface area contributed by atoms with E-state index < -0.39 is 5.82 Å². The van der Waals surface area contributed by atoms with Crippen molar-refractivity contribution in [1.29, 1.82) is 0 Å². The number of carbonyl (C=O) groups is 3. The molecule has 2 atom stereocenters. The zero-order valence-corrected chi connectivity index (χ0v) is 15.3. The fourth-order valence-corrected chi connectivity index (χ4v) is 3.58. The molecule has 3 amide bonds. The highest BCUT2D eigenvalue weighted by Gasteiger charge is 2.34. The number of nitrogens with one attached hydrogen (secondary N) is 1. The first-order valence-electron chi connectivity index (χ1n) is 9.26. The first-order valence-corrected chi connectivity index (χ1v) is 9.26. The Labute approximate surface area is 157 Å². The summed E-state index contributed by atoms with van der Waals surface area (Å²) in [6.45, 7) is 3.26. The van der Waals surface area contributed by atoms with Crippen LogP contribution in [0.5, 0.6) is 0 Å². The smallest absolute Gasteiger partial charge is 0.317 e. The fourth-order valence-electron chi connectivity index (χ4n) is 3.58. The Balaban J connectivity index is 1.56. The van der Waals surface area contributed by atoms with Gasteiger partial charge < -0.3 is 19.9 Å². The molecule has 8 heteroatoms. The van der Waals surface area contributed by atoms with Crippen LogP contribution in [0.4, 0.5) is 14.9 Å². The molecule has 2 saturated heterocycles. The SMILES string of the molecule is CCOC(=O)[C@H]1CCCN(C(=O)N[C@@H]2CC(=O)N(c3cccc(F)c3)C2)C1. The molecule has 0 bridgehead atoms. The Morgan fingerprint density at radius 1 is 1.33 bits per heavy atom. The minimum Gasteiger partial charge on any atom is -0.466 e. The number of esters is 1. The van der Waals surface area contributed by atoms with Crippen molar-refractivity contribution in [3.05, 3.63) is 30.1 Å². The largest absolute Gasteiger partial charge is 0.466 e. The molecule has 0 unspecified atom stereocenters. The number of hydrogen-bond acceptors (Lipinski definition) is 4. The molecule has 0 aliphatic carbocycles. The van der Waals surface area contributed by atoms with Crippen LogP contribution in [0.2, 0.25) is 0 Å². The quantitative estimate of drug-likeness (QED) is 0.813. The van der Waals surface area contributed by atoms with E-state index in [-0.39, 0.29) is 36.3 Å². The molecule has 27 heavy (non-hydrogen) atoms. The van der Waals surface area contributed by atoms with Gasteiger partial charge in [-0.3, -0.25) is 9.59 Å². The fraction of sp³-hybridized carbons (Fsp3) is 0.526. The molecule has 2 heterocycles. The molecule has 1 N–H and O–H groups in total. The average Bonchev–Trinajstić information content (AvgIpc) is 3.02. The van der Waals surface area contributed by atoms with Gasteiger partial charge in [0.1, 0.15) is 5.82 Å². The third kappa shape index (κ3) is 4.56. The van der Waals surface area contributed by atoms with Gasteiger partial charge in [-0.05, 0) is 38.0 Å². The standard InChI is InChI=1S/C19H24FN3O4/c1-2-27-18(25)13-5-4-8-22(11-13)19(26)21-15-10-17(24)23(12-15)16-7-3-6-14(20)9-16/h3,6-7,9,13,15H,2,4-5,8,10-12H2,1H3,(H,21,26)/t13-,15+/m0/s1. The lowest BCUT2D eigenvalue weighted by Crippen LogP contribution is -2.50. The highest BCUT2D eigenvalue weighted by Crippen LogP contribution is 2.23. The number of hydrogen-bond donors (Lipinski definition) is 1. The van der Waals surface area contributed by atoms with Gasteiger partial charge in [0.2, 0.25) is 5.91 Å². The number of urea groups is 1. The number of halogens is 1. The van der Waals surface area contributed by atoms with Gasteiger partial charge in [0.25, 0.3) is 0 Å². The predicted molar refractivity (Wildman–Crippen MR) is 96.6 cm³/mol. The van der Waals surface area contributed by atoms with Crippen LogP contribution in [0.25, 0.3) is 0 Å². The molecule has 2 aliphatic rings. The Morgan fingerprint density at radius 2 is 2.15 bits per heavy atom. The van der Waals surface area contributed by atoms with Crippen molar-refractivity contribution in [1.82, 2.24) is 10.2 Å². The minimum atomic E-state index is -0.411. The van der Waals surface area contributed by atoms with Gasteiger partial charge in [-0.2, -0.15) is 0 Å². The number of ether oxygens (including phenoxy) is 1. The molecule has 146 valence electrons. The van der Waals surface area contributed by atoms with Crippen LogP contribution in [0.3, 0.4) is 0 Å². The van der Waals surface area contributed by atoms with Gasteiger partial charge in [0.05, 0.1) is 18.6 Å². The third-order valence-corrected chi connectivity index (χ3v) is 4.90. The van der Waals surface area contributed by atoms with Crippen molar-refractivity contribution in [2.45, 2.75) is 32.2 Å². The topological polar surface area (TPSA) is 79.0 Å². The van der Waals surface area contributed by atoms with Gasteiger partial charge in [0.15, 0.2) is 0 Å². The van der Waals surface area contributed by atoms with E-state index in [0.29, 0.717) is 38.3 Å². The van der Waals surface area contributed by atoms with Crippen LogP contribution >= 0.6 is 0 Å². The number of nitrogens with zero attached hydrogens (tertiary/aromatic N) is 2. The number of amides is 3. The molecular weight excluding hydrogens is 353 g/mol. The molecule has 2 aliphatic heterocycles. The van der Waals surface area contributed by atoms with E-state index in [4.69, 9.17) is 4.74 Å². The highest BCUT2D eigenvalue weighted by atomic mass is 19.1. The van der Waals surface area contributed by atoms with Crippen molar-refractivity contribution in [2.24, 2.45) is 5.92 Å². The third-order valence-electron chi connectivity index (χ3n) is 4.90. The maximum Gasteiger partial charge on any atom is 0.317 e. The number of piperidine rings is 1. The van der Waals surface area contributed by atoms with Crippen molar-refractivity contribution in [3.63, 3.8) is 0 Å². The molecule has 3 rings (SSSR count). The molecule has 1 aromatic rings. The summed E-state index contributed by atoms with van der Waals surface area (Å²) in [6.07, 6.45) is 1.60. The number of anilines is 1. The normalized spacial score (nSPS) is 22.7. The molecule has 0 saturated carbocycles. The second kappa shape index (κ2) is 8.37. The van der Waals surface area contributed by atoms with Gasteiger partial charge in [0, 0.05) is 31.7 Å². The summed E-state index contributed by atoms with van der Waals surface area (Å²) in [7, 11) is 0. The molecular formula is C19H24FN3O4. The monoisotopic (exact) mass is 377 g/mol. The van der Waals surface area contributed by atoms with Crippen molar-refractivity contribution in [3.8, 4) is 0 Å². The molecule has 7 nitrogen and oxygen atoms in total. The van der Waals surface area contributed by atoms with Gasteiger partial charge in [-0.25, -0.2) is 9.18 Å². The average molecular weight is 377 g/mol. The van der Waals surface area contributed by atoms with E-state index in [1.807, 2.05) is 0 Å². The van der Waals surface area contributed by atoms with Crippen LogP contribution in [-0.4, -0.2) is 55.1 Å². The van der Waals surface area contributed by atoms with E-state index in [1.54, 1.807) is 24.0 Å².